The lowest BCUT2D eigenvalue weighted by molar-refractivity contribution is -0.137. The Hall–Kier alpha value is -0.620. The van der Waals surface area contributed by atoms with Crippen LogP contribution in [-0.4, -0.2) is 10.1 Å². The summed E-state index contributed by atoms with van der Waals surface area (Å²) in [4.78, 5) is 3.22. The maximum Gasteiger partial charge on any atom is 0.443 e. The normalized spacial score (nSPS) is 14.8. The topological polar surface area (TPSA) is 33.1 Å². The second kappa shape index (κ2) is 3.02. The first-order valence-corrected chi connectivity index (χ1v) is 4.00. The van der Waals surface area contributed by atoms with E-state index in [1.165, 1.54) is 12.3 Å². The average Bonchev–Trinajstić information content (AvgIpc) is 2.30. The molecule has 1 atom stereocenters. The number of aromatic nitrogens is 1. The van der Waals surface area contributed by atoms with Gasteiger partial charge in [0.05, 0.1) is 11.8 Å². The Morgan fingerprint density at radius 3 is 2.42 bits per heavy atom. The molecule has 0 bridgehead atoms. The molecule has 0 amide bonds. The van der Waals surface area contributed by atoms with Gasteiger partial charge in [-0.05, 0) is 6.92 Å². The fourth-order valence-electron chi connectivity index (χ4n) is 0.608. The van der Waals surface area contributed by atoms with E-state index < -0.39 is 17.3 Å². The van der Waals surface area contributed by atoms with E-state index in [0.29, 0.717) is 11.3 Å². The van der Waals surface area contributed by atoms with Gasteiger partial charge in [-0.1, -0.05) is 0 Å². The molecule has 0 spiro atoms. The number of aliphatic hydroxyl groups is 1. The van der Waals surface area contributed by atoms with Gasteiger partial charge in [-0.25, -0.2) is 4.98 Å². The molecule has 1 aromatic heterocycles. The monoisotopic (exact) mass is 197 g/mol. The van der Waals surface area contributed by atoms with E-state index in [9.17, 15) is 13.2 Å². The Labute approximate surface area is 70.7 Å². The summed E-state index contributed by atoms with van der Waals surface area (Å²) < 4.78 is 35.8. The Balaban J connectivity index is 2.92. The smallest absolute Gasteiger partial charge is 0.387 e. The van der Waals surface area contributed by atoms with Crippen LogP contribution in [0.4, 0.5) is 13.2 Å². The predicted octanol–water partition coefficient (Wildman–Crippen LogP) is 2.22. The summed E-state index contributed by atoms with van der Waals surface area (Å²) in [5.74, 6) is 0. The van der Waals surface area contributed by atoms with Gasteiger partial charge in [0, 0.05) is 5.38 Å². The zero-order chi connectivity index (χ0) is 9.35. The maximum absolute atomic E-state index is 11.9. The van der Waals surface area contributed by atoms with Crippen LogP contribution >= 0.6 is 11.3 Å². The Morgan fingerprint density at radius 2 is 2.17 bits per heavy atom. The third kappa shape index (κ3) is 1.95. The van der Waals surface area contributed by atoms with Crippen molar-refractivity contribution >= 4 is 11.3 Å². The highest BCUT2D eigenvalue weighted by molar-refractivity contribution is 7.09. The van der Waals surface area contributed by atoms with Crippen molar-refractivity contribution < 1.29 is 18.3 Å². The third-order valence-corrected chi connectivity index (χ3v) is 2.10. The molecular formula is C6H6F3NOS. The van der Waals surface area contributed by atoms with Crippen LogP contribution in [0.5, 0.6) is 0 Å². The average molecular weight is 197 g/mol. The minimum Gasteiger partial charge on any atom is -0.387 e. The highest BCUT2D eigenvalue weighted by Crippen LogP contribution is 2.32. The summed E-state index contributed by atoms with van der Waals surface area (Å²) in [7, 11) is 0. The van der Waals surface area contributed by atoms with E-state index in [2.05, 4.69) is 4.98 Å². The quantitative estimate of drug-likeness (QED) is 0.748. The highest BCUT2D eigenvalue weighted by Gasteiger charge is 2.34. The van der Waals surface area contributed by atoms with Crippen molar-refractivity contribution in [3.05, 3.63) is 16.1 Å². The van der Waals surface area contributed by atoms with Gasteiger partial charge in [0.25, 0.3) is 0 Å². The first-order chi connectivity index (χ1) is 5.41. The fourth-order valence-corrected chi connectivity index (χ4v) is 1.38. The summed E-state index contributed by atoms with van der Waals surface area (Å²) in [6.07, 6.45) is -5.35. The summed E-state index contributed by atoms with van der Waals surface area (Å²) in [5, 5.41) is 9.16. The van der Waals surface area contributed by atoms with Gasteiger partial charge in [0.1, 0.15) is 0 Å². The predicted molar refractivity (Wildman–Crippen MR) is 37.7 cm³/mol. The minimum atomic E-state index is -4.40. The van der Waals surface area contributed by atoms with E-state index in [4.69, 9.17) is 5.11 Å². The number of rotatable bonds is 1. The second-order valence-corrected chi connectivity index (χ2v) is 3.11. The first-order valence-electron chi connectivity index (χ1n) is 3.12. The zero-order valence-corrected chi connectivity index (χ0v) is 6.91. The summed E-state index contributed by atoms with van der Waals surface area (Å²) >= 11 is 0.489. The molecule has 12 heavy (non-hydrogen) atoms. The van der Waals surface area contributed by atoms with Crippen LogP contribution in [0.15, 0.2) is 5.38 Å². The molecule has 2 nitrogen and oxygen atoms in total. The van der Waals surface area contributed by atoms with Gasteiger partial charge in [0.15, 0.2) is 5.01 Å². The van der Waals surface area contributed by atoms with E-state index in [0.717, 1.165) is 0 Å². The van der Waals surface area contributed by atoms with Crippen LogP contribution in [0, 0.1) is 0 Å². The van der Waals surface area contributed by atoms with Gasteiger partial charge in [-0.15, -0.1) is 11.3 Å². The Bertz CT molecular complexity index is 268. The molecule has 0 aliphatic rings. The number of aliphatic hydroxyl groups excluding tert-OH is 1. The van der Waals surface area contributed by atoms with Crippen molar-refractivity contribution in [1.29, 1.82) is 0 Å². The molecule has 1 rings (SSSR count). The molecule has 0 aromatic carbocycles. The number of hydrogen-bond acceptors (Lipinski definition) is 3. The standard InChI is InChI=1S/C6H6F3NOS/c1-3(11)4-2-12-5(10-4)6(7,8)9/h2-3,11H,1H3/t3-/m1/s1. The SMILES string of the molecule is C[C@@H](O)c1csc(C(F)(F)F)n1. The zero-order valence-electron chi connectivity index (χ0n) is 6.09. The van der Waals surface area contributed by atoms with Crippen LogP contribution in [-0.2, 0) is 6.18 Å². The number of nitrogens with zero attached hydrogens (tertiary/aromatic N) is 1. The van der Waals surface area contributed by atoms with Crippen molar-refractivity contribution in [2.75, 3.05) is 0 Å². The lowest BCUT2D eigenvalue weighted by atomic mass is 10.3. The highest BCUT2D eigenvalue weighted by atomic mass is 32.1. The molecular weight excluding hydrogens is 191 g/mol. The van der Waals surface area contributed by atoms with Crippen molar-refractivity contribution in [2.24, 2.45) is 0 Å². The molecule has 1 heterocycles. The lowest BCUT2D eigenvalue weighted by Gasteiger charge is -2.00. The van der Waals surface area contributed by atoms with E-state index >= 15 is 0 Å². The molecule has 0 unspecified atom stereocenters. The van der Waals surface area contributed by atoms with Crippen molar-refractivity contribution in [1.82, 2.24) is 4.98 Å². The third-order valence-electron chi connectivity index (χ3n) is 1.19. The molecule has 0 saturated heterocycles. The number of halogens is 3. The Morgan fingerprint density at radius 1 is 1.58 bits per heavy atom. The van der Waals surface area contributed by atoms with Crippen LogP contribution in [0.2, 0.25) is 0 Å². The summed E-state index contributed by atoms with van der Waals surface area (Å²) in [6, 6.07) is 0. The van der Waals surface area contributed by atoms with Gasteiger partial charge in [0.2, 0.25) is 0 Å². The van der Waals surface area contributed by atoms with Crippen LogP contribution in [0.25, 0.3) is 0 Å². The van der Waals surface area contributed by atoms with E-state index in [-0.39, 0.29) is 5.69 Å². The summed E-state index contributed by atoms with van der Waals surface area (Å²) in [6.45, 7) is 1.37. The molecule has 1 N–H and O–H groups in total. The van der Waals surface area contributed by atoms with E-state index in [1.54, 1.807) is 0 Å². The van der Waals surface area contributed by atoms with E-state index in [1.807, 2.05) is 0 Å². The molecule has 0 fully saturated rings. The van der Waals surface area contributed by atoms with Crippen molar-refractivity contribution in [3.8, 4) is 0 Å². The first kappa shape index (κ1) is 9.47. The van der Waals surface area contributed by atoms with Crippen LogP contribution in [0.1, 0.15) is 23.7 Å². The van der Waals surface area contributed by atoms with Crippen LogP contribution < -0.4 is 0 Å². The number of hydrogen-bond donors (Lipinski definition) is 1. The van der Waals surface area contributed by atoms with Gasteiger partial charge in [-0.2, -0.15) is 13.2 Å². The van der Waals surface area contributed by atoms with Crippen molar-refractivity contribution in [3.63, 3.8) is 0 Å². The number of alkyl halides is 3. The largest absolute Gasteiger partial charge is 0.443 e. The van der Waals surface area contributed by atoms with Crippen LogP contribution in [0.3, 0.4) is 0 Å². The maximum atomic E-state index is 11.9. The minimum absolute atomic E-state index is 0.0623. The van der Waals surface area contributed by atoms with Crippen molar-refractivity contribution in [2.45, 2.75) is 19.2 Å². The molecule has 0 saturated carbocycles. The number of thiazole rings is 1. The molecule has 6 heteroatoms. The molecule has 0 aliphatic heterocycles. The summed E-state index contributed by atoms with van der Waals surface area (Å²) in [5.41, 5.74) is 0.0623. The molecule has 68 valence electrons. The Kier molecular flexibility index (Phi) is 2.39. The molecule has 0 aliphatic carbocycles. The second-order valence-electron chi connectivity index (χ2n) is 2.25. The molecule has 1 aromatic rings. The van der Waals surface area contributed by atoms with Gasteiger partial charge >= 0.3 is 6.18 Å². The molecule has 0 radical (unpaired) electrons. The van der Waals surface area contributed by atoms with Gasteiger partial charge in [-0.3, -0.25) is 0 Å². The fraction of sp³-hybridized carbons (Fsp3) is 0.500. The lowest BCUT2D eigenvalue weighted by Crippen LogP contribution is -2.04. The van der Waals surface area contributed by atoms with Gasteiger partial charge < -0.3 is 5.11 Å².